The Hall–Kier alpha value is -3.12. The summed E-state index contributed by atoms with van der Waals surface area (Å²) in [6, 6.07) is -5.30. The summed E-state index contributed by atoms with van der Waals surface area (Å²) in [5.74, 6) is -7.90. The second-order valence-electron chi connectivity index (χ2n) is 17.6. The first-order chi connectivity index (χ1) is 33.9. The second-order valence-corrected chi connectivity index (χ2v) is 17.6. The summed E-state index contributed by atoms with van der Waals surface area (Å²) in [5, 5.41) is 187. The van der Waals surface area contributed by atoms with E-state index in [1.54, 1.807) is 0 Å². The van der Waals surface area contributed by atoms with Crippen LogP contribution in [-0.2, 0) is 61.8 Å². The molecule has 5 saturated heterocycles. The number of rotatable bonds is 20. The summed E-state index contributed by atoms with van der Waals surface area (Å²) >= 11 is 0. The van der Waals surface area contributed by atoms with Gasteiger partial charge in [-0.3, -0.25) is 14.4 Å². The molecular weight excluding hydrogens is 990 g/mol. The summed E-state index contributed by atoms with van der Waals surface area (Å²) in [6.45, 7) is -4.40. The molecule has 416 valence electrons. The number of aliphatic hydroxyl groups excluding tert-OH is 16. The minimum absolute atomic E-state index is 0.850. The van der Waals surface area contributed by atoms with Gasteiger partial charge in [-0.05, 0) is 0 Å². The Bertz CT molecular complexity index is 1790. The quantitative estimate of drug-likeness (QED) is 0.0538. The van der Waals surface area contributed by atoms with Crippen molar-refractivity contribution in [1.82, 2.24) is 16.0 Å². The molecule has 3 amide bonds. The molecule has 72 heavy (non-hydrogen) atoms. The van der Waals surface area contributed by atoms with Crippen LogP contribution >= 0.6 is 0 Å². The maximum atomic E-state index is 12.8. The molecule has 5 fully saturated rings. The Kier molecular flexibility index (Phi) is 21.3. The van der Waals surface area contributed by atoms with Crippen molar-refractivity contribution < 1.29 is 149 Å². The molecule has 0 aromatic rings. The Morgan fingerprint density at radius 1 is 0.583 bits per heavy atom. The fourth-order valence-corrected chi connectivity index (χ4v) is 8.82. The van der Waals surface area contributed by atoms with Gasteiger partial charge in [-0.15, -0.1) is 0 Å². The van der Waals surface area contributed by atoms with Crippen molar-refractivity contribution in [3.63, 3.8) is 0 Å². The first kappa shape index (κ1) is 59.8. The molecule has 33 heteroatoms. The third-order valence-electron chi connectivity index (χ3n) is 12.6. The SMILES string of the molecule is CC(=O)N[C@@H]1[C@@H](O[C@@H]2O[C@H](CO)[C@H](O)[C@H](O[C@@H]3O[C@H](CO)[C@@H](O[C@@H]4O[C@H](CO)[C@H](O)[C@H](O)[C@H]4O)[C@H](O)[C@H]3NC(C)=O)[C@H]2O)[C@@H](O)[C@@H](CO[C@]2(C(=O)O)C[C@H](O)[C@@H](NC(=O)CO)[C@H]([C@H](O)[C@H](O)CO)O2)O[C@@H]1O. The van der Waals surface area contributed by atoms with E-state index in [0.29, 0.717) is 0 Å². The Morgan fingerprint density at radius 2 is 1.11 bits per heavy atom. The highest BCUT2D eigenvalue weighted by molar-refractivity contribution is 5.78. The van der Waals surface area contributed by atoms with Crippen LogP contribution in [0.25, 0.3) is 0 Å². The number of aliphatic hydroxyl groups is 16. The zero-order chi connectivity index (χ0) is 53.7. The first-order valence-corrected chi connectivity index (χ1v) is 22.4. The largest absolute Gasteiger partial charge is 0.477 e. The van der Waals surface area contributed by atoms with Crippen LogP contribution in [0.1, 0.15) is 20.3 Å². The molecule has 0 radical (unpaired) electrons. The zero-order valence-corrected chi connectivity index (χ0v) is 38.3. The molecule has 20 N–H and O–H groups in total. The van der Waals surface area contributed by atoms with Gasteiger partial charge in [0.25, 0.3) is 5.79 Å². The first-order valence-electron chi connectivity index (χ1n) is 22.4. The molecule has 26 atom stereocenters. The van der Waals surface area contributed by atoms with Gasteiger partial charge in [0, 0.05) is 20.3 Å². The summed E-state index contributed by atoms with van der Waals surface area (Å²) in [5.41, 5.74) is 0. The van der Waals surface area contributed by atoms with E-state index in [1.807, 2.05) is 0 Å². The number of carboxylic acid groups (broad SMARTS) is 1. The lowest BCUT2D eigenvalue weighted by atomic mass is 9.88. The number of nitrogens with one attached hydrogen (secondary N) is 3. The van der Waals surface area contributed by atoms with E-state index in [-0.39, 0.29) is 0 Å². The molecule has 0 spiro atoms. The lowest BCUT2D eigenvalue weighted by molar-refractivity contribution is -0.377. The van der Waals surface area contributed by atoms with E-state index in [0.717, 1.165) is 13.8 Å². The van der Waals surface area contributed by atoms with Gasteiger partial charge in [0.15, 0.2) is 25.2 Å². The molecule has 0 bridgehead atoms. The van der Waals surface area contributed by atoms with Gasteiger partial charge in [0.1, 0.15) is 122 Å². The van der Waals surface area contributed by atoms with Gasteiger partial charge in [-0.2, -0.15) is 0 Å². The van der Waals surface area contributed by atoms with Crippen LogP contribution in [0.4, 0.5) is 0 Å². The van der Waals surface area contributed by atoms with E-state index >= 15 is 0 Å². The van der Waals surface area contributed by atoms with E-state index < -0.39 is 229 Å². The van der Waals surface area contributed by atoms with Gasteiger partial charge in [-0.1, -0.05) is 0 Å². The molecule has 5 aliphatic rings. The maximum absolute atomic E-state index is 12.8. The van der Waals surface area contributed by atoms with Crippen LogP contribution < -0.4 is 16.0 Å². The average Bonchev–Trinajstić information content (AvgIpc) is 3.34. The van der Waals surface area contributed by atoms with Gasteiger partial charge in [-0.25, -0.2) is 4.79 Å². The lowest BCUT2D eigenvalue weighted by Crippen LogP contribution is -2.70. The number of carboxylic acids is 1. The lowest BCUT2D eigenvalue weighted by Gasteiger charge is -2.50. The number of aliphatic carboxylic acids is 1. The summed E-state index contributed by atoms with van der Waals surface area (Å²) in [6.07, 6.45) is -44.7. The number of carbonyl (C=O) groups is 4. The molecule has 33 nitrogen and oxygen atoms in total. The topological polar surface area (TPSA) is 531 Å². The summed E-state index contributed by atoms with van der Waals surface area (Å²) in [4.78, 5) is 49.7. The van der Waals surface area contributed by atoms with Crippen LogP contribution in [0.5, 0.6) is 0 Å². The molecule has 5 rings (SSSR count). The third kappa shape index (κ3) is 13.1. The number of carbonyl (C=O) groups excluding carboxylic acids is 3. The average molecular weight is 1060 g/mol. The molecule has 0 saturated carbocycles. The zero-order valence-electron chi connectivity index (χ0n) is 38.3. The van der Waals surface area contributed by atoms with Gasteiger partial charge < -0.3 is 145 Å². The minimum atomic E-state index is -3.04. The highest BCUT2D eigenvalue weighted by atomic mass is 16.8. The number of hydrogen-bond acceptors (Lipinski definition) is 29. The van der Waals surface area contributed by atoms with Crippen molar-refractivity contribution in [2.45, 2.75) is 179 Å². The van der Waals surface area contributed by atoms with E-state index in [1.165, 1.54) is 0 Å². The van der Waals surface area contributed by atoms with Gasteiger partial charge in [0.05, 0.1) is 45.2 Å². The van der Waals surface area contributed by atoms with Gasteiger partial charge in [0.2, 0.25) is 17.7 Å². The predicted octanol–water partition coefficient (Wildman–Crippen LogP) is -13.3. The van der Waals surface area contributed by atoms with E-state index in [2.05, 4.69) is 16.0 Å². The Morgan fingerprint density at radius 3 is 1.67 bits per heavy atom. The van der Waals surface area contributed by atoms with Crippen LogP contribution in [0.3, 0.4) is 0 Å². The van der Waals surface area contributed by atoms with Crippen molar-refractivity contribution in [2.75, 3.05) is 39.6 Å². The summed E-state index contributed by atoms with van der Waals surface area (Å²) in [7, 11) is 0. The highest BCUT2D eigenvalue weighted by Crippen LogP contribution is 2.37. The van der Waals surface area contributed by atoms with Crippen molar-refractivity contribution in [2.24, 2.45) is 0 Å². The standard InChI is InChI=1S/C39H65N3O30/c1-10(48)40-20-26(57)30(69-36-28(59)27(58)23(54)14(5-44)66-36)16(7-46)68-35(20)71-33-24(55)15(6-45)67-37(29(33)60)70-31-21(41-11(2)49)34(61)65-17(25(31)56)9-64-39(38(62)63)3-12(50)19(42-18(52)8-47)32(72-39)22(53)13(51)4-43/h12-17,19-37,43-47,50-51,53-61H,3-9H2,1-2H3,(H,40,48)(H,41,49)(H,42,52)(H,62,63)/t12-,13+,14+,15+,16+,17+,19+,20+,21+,22+,23-,24-,25-,26+,27-,28+,29+,30+,31+,32+,33-,34-,35-,36-,37-,39+/m0/s1. The van der Waals surface area contributed by atoms with Gasteiger partial charge >= 0.3 is 5.97 Å². The fraction of sp³-hybridized carbons (Fsp3) is 0.897. The second kappa shape index (κ2) is 25.6. The predicted molar refractivity (Wildman–Crippen MR) is 220 cm³/mol. The van der Waals surface area contributed by atoms with Crippen LogP contribution in [0.15, 0.2) is 0 Å². The van der Waals surface area contributed by atoms with Crippen molar-refractivity contribution >= 4 is 23.7 Å². The summed E-state index contributed by atoms with van der Waals surface area (Å²) < 4.78 is 50.8. The molecule has 0 aromatic carbocycles. The van der Waals surface area contributed by atoms with Crippen molar-refractivity contribution in [3.05, 3.63) is 0 Å². The van der Waals surface area contributed by atoms with Crippen molar-refractivity contribution in [3.8, 4) is 0 Å². The third-order valence-corrected chi connectivity index (χ3v) is 12.6. The number of ether oxygens (including phenoxy) is 9. The van der Waals surface area contributed by atoms with Crippen LogP contribution in [0.2, 0.25) is 0 Å². The normalized spacial score (nSPS) is 44.6. The molecule has 0 aliphatic carbocycles. The van der Waals surface area contributed by atoms with E-state index in [4.69, 9.17) is 42.6 Å². The molecule has 5 heterocycles. The highest BCUT2D eigenvalue weighted by Gasteiger charge is 2.59. The monoisotopic (exact) mass is 1060 g/mol. The fourth-order valence-electron chi connectivity index (χ4n) is 8.82. The minimum Gasteiger partial charge on any atom is -0.477 e. The van der Waals surface area contributed by atoms with Crippen molar-refractivity contribution in [1.29, 1.82) is 0 Å². The Balaban J connectivity index is 1.39. The Labute approximate surface area is 406 Å². The molecule has 5 aliphatic heterocycles. The maximum Gasteiger partial charge on any atom is 0.364 e. The number of hydrogen-bond donors (Lipinski definition) is 20. The molecule has 0 unspecified atom stereocenters. The smallest absolute Gasteiger partial charge is 0.364 e. The molecule has 0 aromatic heterocycles. The number of amides is 3. The molecular formula is C39H65N3O30. The van der Waals surface area contributed by atoms with E-state index in [9.17, 15) is 106 Å². The van der Waals surface area contributed by atoms with Crippen LogP contribution in [-0.4, -0.2) is 309 Å². The van der Waals surface area contributed by atoms with Crippen LogP contribution in [0, 0.1) is 0 Å².